The second-order valence-electron chi connectivity index (χ2n) is 7.76. The standard InChI is InChI=1S/C24H27N3O6/c1-4-25(5-2)14-15-26-21(16-8-12-19(33-3)13-9-16)20(23(29)24(26)30)22(28)17-6-10-18(11-7-17)27(31)32/h6-13,21,28H,4-5,14-15H2,1-3H3. The van der Waals surface area contributed by atoms with Crippen LogP contribution in [-0.4, -0.2) is 54.8 Å². The molecule has 1 N–H and O–H groups in total. The Balaban J connectivity index is 2.08. The summed E-state index contributed by atoms with van der Waals surface area (Å²) in [6.45, 7) is 6.79. The summed E-state index contributed by atoms with van der Waals surface area (Å²) in [6, 6.07) is 11.1. The average molecular weight is 453 g/mol. The Hall–Kier alpha value is -3.72. The van der Waals surface area contributed by atoms with E-state index in [-0.39, 0.29) is 16.8 Å². The van der Waals surface area contributed by atoms with E-state index in [2.05, 4.69) is 0 Å². The molecular weight excluding hydrogens is 426 g/mol. The zero-order chi connectivity index (χ0) is 24.1. The van der Waals surface area contributed by atoms with Gasteiger partial charge in [0.25, 0.3) is 11.6 Å². The summed E-state index contributed by atoms with van der Waals surface area (Å²) >= 11 is 0. The predicted octanol–water partition coefficient (Wildman–Crippen LogP) is 0.752. The number of rotatable bonds is 9. The Morgan fingerprint density at radius 3 is 2.18 bits per heavy atom. The number of quaternary nitrogens is 1. The van der Waals surface area contributed by atoms with Gasteiger partial charge in [0, 0.05) is 17.7 Å². The zero-order valence-corrected chi connectivity index (χ0v) is 18.9. The highest BCUT2D eigenvalue weighted by atomic mass is 16.6. The van der Waals surface area contributed by atoms with Gasteiger partial charge in [-0.15, -0.1) is 0 Å². The topological polar surface area (TPSA) is 117 Å². The molecule has 2 aromatic carbocycles. The van der Waals surface area contributed by atoms with Crippen LogP contribution in [0.25, 0.3) is 5.76 Å². The second kappa shape index (κ2) is 10.3. The fourth-order valence-electron chi connectivity index (χ4n) is 4.01. The molecule has 0 saturated carbocycles. The van der Waals surface area contributed by atoms with Crippen molar-refractivity contribution in [2.45, 2.75) is 19.9 Å². The number of non-ortho nitro benzene ring substituents is 1. The van der Waals surface area contributed by atoms with Gasteiger partial charge in [0.1, 0.15) is 5.75 Å². The smallest absolute Gasteiger partial charge is 0.295 e. The van der Waals surface area contributed by atoms with Crippen molar-refractivity contribution in [3.05, 3.63) is 75.3 Å². The lowest BCUT2D eigenvalue weighted by Gasteiger charge is -2.28. The number of methoxy groups -OCH3 is 1. The van der Waals surface area contributed by atoms with Crippen molar-refractivity contribution in [2.24, 2.45) is 0 Å². The van der Waals surface area contributed by atoms with Crippen molar-refractivity contribution >= 4 is 23.1 Å². The quantitative estimate of drug-likeness (QED) is 0.197. The fourth-order valence-corrected chi connectivity index (χ4v) is 4.01. The summed E-state index contributed by atoms with van der Waals surface area (Å²) in [6.07, 6.45) is 0. The highest BCUT2D eigenvalue weighted by Crippen LogP contribution is 2.39. The third kappa shape index (κ3) is 4.88. The van der Waals surface area contributed by atoms with Crippen LogP contribution in [0.2, 0.25) is 0 Å². The summed E-state index contributed by atoms with van der Waals surface area (Å²) in [5.41, 5.74) is 0.427. The van der Waals surface area contributed by atoms with Crippen LogP contribution in [0.5, 0.6) is 5.75 Å². The van der Waals surface area contributed by atoms with Crippen LogP contribution in [0.15, 0.2) is 54.1 Å². The molecular formula is C24H27N3O6. The number of nitro benzene ring substituents is 1. The molecule has 1 fully saturated rings. The number of ketones is 1. The van der Waals surface area contributed by atoms with E-state index in [1.807, 2.05) is 13.8 Å². The van der Waals surface area contributed by atoms with Gasteiger partial charge in [-0.05, 0) is 49.2 Å². The van der Waals surface area contributed by atoms with E-state index in [9.17, 15) is 24.8 Å². The third-order valence-electron chi connectivity index (χ3n) is 6.01. The van der Waals surface area contributed by atoms with Gasteiger partial charge in [-0.2, -0.15) is 0 Å². The van der Waals surface area contributed by atoms with Crippen molar-refractivity contribution in [1.29, 1.82) is 0 Å². The molecule has 9 nitrogen and oxygen atoms in total. The van der Waals surface area contributed by atoms with Gasteiger partial charge in [-0.3, -0.25) is 19.7 Å². The van der Waals surface area contributed by atoms with Crippen molar-refractivity contribution < 1.29 is 29.3 Å². The first-order chi connectivity index (χ1) is 15.8. The SMILES string of the molecule is CC[NH+](CC)CCN1C(=O)C(=O)C(=C([O-])c2ccc([N+](=O)[O-])cc2)C1c1ccc(OC)cc1. The van der Waals surface area contributed by atoms with Gasteiger partial charge in [0.05, 0.1) is 44.3 Å². The molecule has 9 heteroatoms. The summed E-state index contributed by atoms with van der Waals surface area (Å²) in [7, 11) is 1.53. The number of likely N-dealkylation sites (tertiary alicyclic amines) is 1. The molecule has 1 amide bonds. The molecule has 0 aromatic heterocycles. The first-order valence-electron chi connectivity index (χ1n) is 10.8. The van der Waals surface area contributed by atoms with Crippen LogP contribution >= 0.6 is 0 Å². The van der Waals surface area contributed by atoms with Gasteiger partial charge >= 0.3 is 0 Å². The number of nitrogens with zero attached hydrogens (tertiary/aromatic N) is 2. The molecule has 1 aliphatic rings. The first-order valence-corrected chi connectivity index (χ1v) is 10.8. The molecule has 1 saturated heterocycles. The lowest BCUT2D eigenvalue weighted by Crippen LogP contribution is -3.12. The number of nitro groups is 1. The minimum Gasteiger partial charge on any atom is -0.872 e. The number of benzene rings is 2. The molecule has 174 valence electrons. The number of likely N-dealkylation sites (N-methyl/N-ethyl adjacent to an activating group) is 1. The highest BCUT2D eigenvalue weighted by molar-refractivity contribution is 6.46. The maximum absolute atomic E-state index is 13.4. The molecule has 2 aromatic rings. The summed E-state index contributed by atoms with van der Waals surface area (Å²) in [5, 5.41) is 24.3. The molecule has 0 aliphatic carbocycles. The number of Topliss-reactive ketones (excluding diaryl/α,β-unsaturated/α-hetero) is 1. The second-order valence-corrected chi connectivity index (χ2v) is 7.76. The average Bonchev–Trinajstić information content (AvgIpc) is 3.09. The maximum Gasteiger partial charge on any atom is 0.295 e. The molecule has 0 radical (unpaired) electrons. The maximum atomic E-state index is 13.4. The van der Waals surface area contributed by atoms with E-state index in [1.54, 1.807) is 24.3 Å². The summed E-state index contributed by atoms with van der Waals surface area (Å²) in [5.74, 6) is -1.56. The Bertz CT molecular complexity index is 1060. The van der Waals surface area contributed by atoms with Gasteiger partial charge in [-0.1, -0.05) is 17.9 Å². The van der Waals surface area contributed by atoms with Crippen molar-refractivity contribution in [3.8, 4) is 5.75 Å². The number of hydrogen-bond acceptors (Lipinski definition) is 6. The van der Waals surface area contributed by atoms with E-state index < -0.39 is 28.4 Å². The number of carbonyl (C=O) groups excluding carboxylic acids is 2. The lowest BCUT2D eigenvalue weighted by molar-refractivity contribution is -0.895. The van der Waals surface area contributed by atoms with Crippen LogP contribution in [0.4, 0.5) is 5.69 Å². The monoisotopic (exact) mass is 453 g/mol. The van der Waals surface area contributed by atoms with E-state index in [0.29, 0.717) is 24.4 Å². The number of hydrogen-bond donors (Lipinski definition) is 1. The van der Waals surface area contributed by atoms with E-state index in [1.165, 1.54) is 41.2 Å². The first kappa shape index (κ1) is 23.9. The molecule has 1 aliphatic heterocycles. The Kier molecular flexibility index (Phi) is 7.44. The predicted molar refractivity (Wildman–Crippen MR) is 119 cm³/mol. The van der Waals surface area contributed by atoms with Crippen molar-refractivity contribution in [2.75, 3.05) is 33.3 Å². The van der Waals surface area contributed by atoms with Gasteiger partial charge in [0.2, 0.25) is 5.78 Å². The largest absolute Gasteiger partial charge is 0.872 e. The molecule has 3 rings (SSSR count). The van der Waals surface area contributed by atoms with Crippen LogP contribution < -0.4 is 14.7 Å². The van der Waals surface area contributed by atoms with Gasteiger partial charge in [-0.25, -0.2) is 0 Å². The van der Waals surface area contributed by atoms with Crippen LogP contribution in [0.3, 0.4) is 0 Å². The third-order valence-corrected chi connectivity index (χ3v) is 6.01. The lowest BCUT2D eigenvalue weighted by atomic mass is 9.95. The number of ether oxygens (including phenoxy) is 1. The Morgan fingerprint density at radius 1 is 1.06 bits per heavy atom. The minimum atomic E-state index is -0.839. The van der Waals surface area contributed by atoms with Gasteiger partial charge in [0.15, 0.2) is 0 Å². The highest BCUT2D eigenvalue weighted by Gasteiger charge is 2.44. The van der Waals surface area contributed by atoms with Crippen LogP contribution in [0, 0.1) is 10.1 Å². The van der Waals surface area contributed by atoms with Crippen molar-refractivity contribution in [3.63, 3.8) is 0 Å². The fraction of sp³-hybridized carbons (Fsp3) is 0.333. The Morgan fingerprint density at radius 2 is 1.67 bits per heavy atom. The zero-order valence-electron chi connectivity index (χ0n) is 18.9. The van der Waals surface area contributed by atoms with E-state index >= 15 is 0 Å². The molecule has 0 bridgehead atoms. The van der Waals surface area contributed by atoms with Crippen LogP contribution in [-0.2, 0) is 9.59 Å². The molecule has 33 heavy (non-hydrogen) atoms. The molecule has 0 spiro atoms. The van der Waals surface area contributed by atoms with Crippen LogP contribution in [0.1, 0.15) is 31.0 Å². The number of nitrogens with one attached hydrogen (secondary N) is 1. The minimum absolute atomic E-state index is 0.117. The molecule has 1 unspecified atom stereocenters. The Labute approximate surface area is 192 Å². The van der Waals surface area contributed by atoms with E-state index in [4.69, 9.17) is 4.74 Å². The number of amides is 1. The van der Waals surface area contributed by atoms with E-state index in [0.717, 1.165) is 13.1 Å². The summed E-state index contributed by atoms with van der Waals surface area (Å²) < 4.78 is 5.20. The van der Waals surface area contributed by atoms with Crippen molar-refractivity contribution in [1.82, 2.24) is 4.90 Å². The molecule has 1 heterocycles. The number of carbonyl (C=O) groups is 2. The summed E-state index contributed by atoms with van der Waals surface area (Å²) in [4.78, 5) is 39.1. The molecule has 1 atom stereocenters. The van der Waals surface area contributed by atoms with Gasteiger partial charge < -0.3 is 19.6 Å². The normalized spacial score (nSPS) is 17.6.